The molecule has 2 aromatic rings. The fourth-order valence-electron chi connectivity index (χ4n) is 2.90. The third-order valence-electron chi connectivity index (χ3n) is 3.89. The minimum atomic E-state index is 0.259. The Morgan fingerprint density at radius 2 is 2.10 bits per heavy atom. The first-order valence-electron chi connectivity index (χ1n) is 6.97. The number of phenolic OH excluding ortho intramolecular Hbond substituents is 1. The summed E-state index contributed by atoms with van der Waals surface area (Å²) in [6.07, 6.45) is 4.46. The van der Waals surface area contributed by atoms with Crippen LogP contribution in [0.15, 0.2) is 24.4 Å². The van der Waals surface area contributed by atoms with Gasteiger partial charge in [0, 0.05) is 23.7 Å². The Balaban J connectivity index is 2.07. The van der Waals surface area contributed by atoms with Crippen molar-refractivity contribution >= 4 is 10.9 Å². The van der Waals surface area contributed by atoms with Gasteiger partial charge >= 0.3 is 0 Å². The molecule has 1 aromatic carbocycles. The predicted molar refractivity (Wildman–Crippen MR) is 77.2 cm³/mol. The molecule has 0 saturated carbocycles. The molecule has 102 valence electrons. The quantitative estimate of drug-likeness (QED) is 0.928. The van der Waals surface area contributed by atoms with Crippen LogP contribution in [0.4, 0.5) is 0 Å². The molecule has 1 aliphatic rings. The van der Waals surface area contributed by atoms with Crippen molar-refractivity contribution in [2.45, 2.75) is 25.8 Å². The highest BCUT2D eigenvalue weighted by Crippen LogP contribution is 2.31. The molecule has 0 bridgehead atoms. The normalized spacial score (nSPS) is 15.6. The molecule has 1 aliphatic heterocycles. The second kappa shape index (κ2) is 5.48. The lowest BCUT2D eigenvalue weighted by atomic mass is 10.0. The number of nitriles is 1. The molecule has 2 heterocycles. The first-order valence-corrected chi connectivity index (χ1v) is 6.97. The zero-order valence-corrected chi connectivity index (χ0v) is 11.3. The van der Waals surface area contributed by atoms with E-state index in [-0.39, 0.29) is 5.75 Å². The first-order chi connectivity index (χ1) is 9.79. The van der Waals surface area contributed by atoms with Crippen molar-refractivity contribution < 1.29 is 5.11 Å². The van der Waals surface area contributed by atoms with Gasteiger partial charge in [0.25, 0.3) is 0 Å². The Hall–Kier alpha value is -2.12. The summed E-state index contributed by atoms with van der Waals surface area (Å²) in [4.78, 5) is 6.61. The molecule has 20 heavy (non-hydrogen) atoms. The first kappa shape index (κ1) is 12.9. The summed E-state index contributed by atoms with van der Waals surface area (Å²) in [5.74, 6) is 0.259. The fraction of sp³-hybridized carbons (Fsp3) is 0.375. The summed E-state index contributed by atoms with van der Waals surface area (Å²) in [5, 5.41) is 20.3. The van der Waals surface area contributed by atoms with Gasteiger partial charge in [0.2, 0.25) is 0 Å². The number of aromatic nitrogens is 1. The molecule has 0 atom stereocenters. The molecule has 4 heteroatoms. The van der Waals surface area contributed by atoms with Crippen LogP contribution in [0, 0.1) is 11.3 Å². The Morgan fingerprint density at radius 1 is 1.30 bits per heavy atom. The molecule has 1 fully saturated rings. The highest BCUT2D eigenvalue weighted by molar-refractivity contribution is 5.88. The molecule has 0 aliphatic carbocycles. The Bertz CT molecular complexity index is 669. The second-order valence-corrected chi connectivity index (χ2v) is 5.26. The van der Waals surface area contributed by atoms with Crippen LogP contribution < -0.4 is 0 Å². The monoisotopic (exact) mass is 267 g/mol. The van der Waals surface area contributed by atoms with Gasteiger partial charge in [-0.25, -0.2) is 0 Å². The Labute approximate surface area is 118 Å². The number of nitrogens with zero attached hydrogens (tertiary/aromatic N) is 3. The number of fused-ring (bicyclic) bond motifs is 1. The van der Waals surface area contributed by atoms with Crippen LogP contribution in [0.3, 0.4) is 0 Å². The highest BCUT2D eigenvalue weighted by Gasteiger charge is 2.17. The molecule has 0 radical (unpaired) electrons. The van der Waals surface area contributed by atoms with Crippen molar-refractivity contribution in [1.82, 2.24) is 9.88 Å². The van der Waals surface area contributed by atoms with E-state index in [1.807, 2.05) is 18.2 Å². The van der Waals surface area contributed by atoms with Crippen LogP contribution in [0.1, 0.15) is 24.0 Å². The topological polar surface area (TPSA) is 60.2 Å². The van der Waals surface area contributed by atoms with Gasteiger partial charge in [-0.3, -0.25) is 9.88 Å². The molecule has 3 rings (SSSR count). The van der Waals surface area contributed by atoms with E-state index in [9.17, 15) is 5.11 Å². The van der Waals surface area contributed by atoms with Gasteiger partial charge < -0.3 is 5.11 Å². The SMILES string of the molecule is N#CCc1cc(CN2CCCC2)c(O)c2ncccc12. The maximum absolute atomic E-state index is 10.4. The van der Waals surface area contributed by atoms with Gasteiger partial charge in [-0.1, -0.05) is 6.07 Å². The third-order valence-corrected chi connectivity index (χ3v) is 3.89. The zero-order chi connectivity index (χ0) is 13.9. The molecule has 1 aromatic heterocycles. The van der Waals surface area contributed by atoms with Crippen molar-refractivity contribution in [2.24, 2.45) is 0 Å². The van der Waals surface area contributed by atoms with E-state index >= 15 is 0 Å². The summed E-state index contributed by atoms with van der Waals surface area (Å²) in [5.41, 5.74) is 2.43. The van der Waals surface area contributed by atoms with Crippen molar-refractivity contribution in [3.05, 3.63) is 35.5 Å². The van der Waals surface area contributed by atoms with Crippen LogP contribution in [0.25, 0.3) is 10.9 Å². The maximum Gasteiger partial charge on any atom is 0.146 e. The second-order valence-electron chi connectivity index (χ2n) is 5.26. The summed E-state index contributed by atoms with van der Waals surface area (Å²) in [6, 6.07) is 7.90. The van der Waals surface area contributed by atoms with E-state index in [1.165, 1.54) is 12.8 Å². The highest BCUT2D eigenvalue weighted by atomic mass is 16.3. The number of pyridine rings is 1. The molecule has 0 unspecified atom stereocenters. The van der Waals surface area contributed by atoms with Crippen molar-refractivity contribution in [3.8, 4) is 11.8 Å². The average molecular weight is 267 g/mol. The number of likely N-dealkylation sites (tertiary alicyclic amines) is 1. The minimum Gasteiger partial charge on any atom is -0.505 e. The minimum absolute atomic E-state index is 0.259. The van der Waals surface area contributed by atoms with Gasteiger partial charge in [-0.15, -0.1) is 0 Å². The largest absolute Gasteiger partial charge is 0.505 e. The zero-order valence-electron chi connectivity index (χ0n) is 11.3. The lowest BCUT2D eigenvalue weighted by Gasteiger charge is -2.17. The maximum atomic E-state index is 10.4. The lowest BCUT2D eigenvalue weighted by molar-refractivity contribution is 0.324. The molecular weight excluding hydrogens is 250 g/mol. The van der Waals surface area contributed by atoms with Crippen molar-refractivity contribution in [3.63, 3.8) is 0 Å². The number of hydrogen-bond donors (Lipinski definition) is 1. The molecule has 0 spiro atoms. The van der Waals surface area contributed by atoms with Crippen LogP contribution in [0.2, 0.25) is 0 Å². The fourth-order valence-corrected chi connectivity index (χ4v) is 2.90. The molecule has 4 nitrogen and oxygen atoms in total. The van der Waals surface area contributed by atoms with Crippen molar-refractivity contribution in [1.29, 1.82) is 5.26 Å². The molecule has 1 N–H and O–H groups in total. The number of rotatable bonds is 3. The van der Waals surface area contributed by atoms with Crippen LogP contribution in [-0.2, 0) is 13.0 Å². The van der Waals surface area contributed by atoms with E-state index < -0.39 is 0 Å². The predicted octanol–water partition coefficient (Wildman–Crippen LogP) is 2.60. The summed E-state index contributed by atoms with van der Waals surface area (Å²) >= 11 is 0. The number of benzene rings is 1. The summed E-state index contributed by atoms with van der Waals surface area (Å²) < 4.78 is 0. The van der Waals surface area contributed by atoms with E-state index in [2.05, 4.69) is 16.0 Å². The van der Waals surface area contributed by atoms with Gasteiger partial charge in [-0.2, -0.15) is 5.26 Å². The third kappa shape index (κ3) is 2.33. The Kier molecular flexibility index (Phi) is 3.53. The lowest BCUT2D eigenvalue weighted by Crippen LogP contribution is -2.18. The van der Waals surface area contributed by atoms with Crippen LogP contribution >= 0.6 is 0 Å². The Morgan fingerprint density at radius 3 is 2.85 bits per heavy atom. The van der Waals surface area contributed by atoms with E-state index in [4.69, 9.17) is 5.26 Å². The smallest absolute Gasteiger partial charge is 0.146 e. The van der Waals surface area contributed by atoms with Crippen molar-refractivity contribution in [2.75, 3.05) is 13.1 Å². The molecule has 1 saturated heterocycles. The average Bonchev–Trinajstić information content (AvgIpc) is 2.97. The van der Waals surface area contributed by atoms with E-state index in [1.54, 1.807) is 6.20 Å². The van der Waals surface area contributed by atoms with Gasteiger partial charge in [-0.05, 0) is 43.6 Å². The van der Waals surface area contributed by atoms with E-state index in [0.29, 0.717) is 11.9 Å². The van der Waals surface area contributed by atoms with Gasteiger partial charge in [0.05, 0.1) is 12.5 Å². The van der Waals surface area contributed by atoms with Gasteiger partial charge in [0.15, 0.2) is 0 Å². The standard InChI is InChI=1S/C16H17N3O/c17-6-5-12-10-13(11-19-8-1-2-9-19)16(20)15-14(12)4-3-7-18-15/h3-4,7,10,20H,1-2,5,8-9,11H2. The van der Waals surface area contributed by atoms with Crippen LogP contribution in [0.5, 0.6) is 5.75 Å². The molecular formula is C16H17N3O. The van der Waals surface area contributed by atoms with Crippen LogP contribution in [-0.4, -0.2) is 28.1 Å². The number of aromatic hydroxyl groups is 1. The summed E-state index contributed by atoms with van der Waals surface area (Å²) in [6.45, 7) is 2.89. The number of hydrogen-bond acceptors (Lipinski definition) is 4. The summed E-state index contributed by atoms with van der Waals surface area (Å²) in [7, 11) is 0. The van der Waals surface area contributed by atoms with Gasteiger partial charge in [0.1, 0.15) is 11.3 Å². The molecule has 0 amide bonds. The van der Waals surface area contributed by atoms with E-state index in [0.717, 1.165) is 36.1 Å². The number of phenols is 1.